The molecule has 30 heavy (non-hydrogen) atoms. The van der Waals surface area contributed by atoms with E-state index in [4.69, 9.17) is 0 Å². The fraction of sp³-hybridized carbons (Fsp3) is 0.227. The van der Waals surface area contributed by atoms with Crippen molar-refractivity contribution in [3.05, 3.63) is 85.4 Å². The first-order valence-electron chi connectivity index (χ1n) is 9.37. The molecule has 3 aromatic rings. The summed E-state index contributed by atoms with van der Waals surface area (Å²) in [5, 5.41) is 3.36. The predicted molar refractivity (Wildman–Crippen MR) is 119 cm³/mol. The van der Waals surface area contributed by atoms with Crippen molar-refractivity contribution >= 4 is 39.4 Å². The number of halogens is 2. The van der Waals surface area contributed by atoms with Gasteiger partial charge in [-0.3, -0.25) is 9.59 Å². The molecule has 5 nitrogen and oxygen atoms in total. The van der Waals surface area contributed by atoms with Crippen LogP contribution >= 0.6 is 27.7 Å². The second-order valence-electron chi connectivity index (χ2n) is 7.28. The molecular formula is C22H19BrFN3O2S. The summed E-state index contributed by atoms with van der Waals surface area (Å²) in [6.07, 6.45) is 0.109. The summed E-state index contributed by atoms with van der Waals surface area (Å²) in [6, 6.07) is 12.7. The molecule has 0 saturated heterocycles. The van der Waals surface area contributed by atoms with E-state index in [1.54, 1.807) is 23.7 Å². The molecule has 0 saturated carbocycles. The number of anilines is 1. The maximum Gasteiger partial charge on any atom is 0.279 e. The van der Waals surface area contributed by atoms with Crippen LogP contribution in [0.3, 0.4) is 0 Å². The van der Waals surface area contributed by atoms with Gasteiger partial charge in [-0.25, -0.2) is 4.39 Å². The summed E-state index contributed by atoms with van der Waals surface area (Å²) in [7, 11) is 1.78. The maximum absolute atomic E-state index is 13.7. The lowest BCUT2D eigenvalue weighted by Gasteiger charge is -2.27. The Labute approximate surface area is 185 Å². The van der Waals surface area contributed by atoms with Crippen molar-refractivity contribution in [3.8, 4) is 0 Å². The Morgan fingerprint density at radius 3 is 2.80 bits per heavy atom. The Morgan fingerprint density at radius 1 is 1.27 bits per heavy atom. The highest BCUT2D eigenvalue weighted by Crippen LogP contribution is 2.37. The molecule has 2 aromatic carbocycles. The van der Waals surface area contributed by atoms with Gasteiger partial charge in [-0.05, 0) is 46.1 Å². The molecule has 1 aliphatic heterocycles. The fourth-order valence-electron chi connectivity index (χ4n) is 3.63. The van der Waals surface area contributed by atoms with Gasteiger partial charge >= 0.3 is 0 Å². The standard InChI is InChI=1S/C22H19BrFN3O2S/c1-12-4-3-5-13(8-12)11-30-22-26-21(29)19-15(10-18(28)25-20(19)27(22)2)14-6-7-17(24)16(23)9-14/h3-9,15H,10-11H2,1-2H3,(H,25,28). The van der Waals surface area contributed by atoms with Gasteiger partial charge in [0.2, 0.25) is 5.91 Å². The number of fused-ring (bicyclic) bond motifs is 1. The van der Waals surface area contributed by atoms with Crippen LogP contribution in [0.25, 0.3) is 0 Å². The van der Waals surface area contributed by atoms with Crippen LogP contribution in [0.5, 0.6) is 0 Å². The van der Waals surface area contributed by atoms with Crippen LogP contribution in [0, 0.1) is 12.7 Å². The van der Waals surface area contributed by atoms with Crippen molar-refractivity contribution in [1.82, 2.24) is 9.55 Å². The number of amides is 1. The van der Waals surface area contributed by atoms with E-state index in [9.17, 15) is 14.0 Å². The highest BCUT2D eigenvalue weighted by atomic mass is 79.9. The monoisotopic (exact) mass is 487 g/mol. The van der Waals surface area contributed by atoms with Crippen LogP contribution in [0.15, 0.2) is 56.9 Å². The molecule has 0 fully saturated rings. The van der Waals surface area contributed by atoms with E-state index < -0.39 is 11.7 Å². The lowest BCUT2D eigenvalue weighted by atomic mass is 9.87. The Balaban J connectivity index is 1.72. The zero-order valence-corrected chi connectivity index (χ0v) is 18.8. The molecular weight excluding hydrogens is 469 g/mol. The first-order chi connectivity index (χ1) is 14.3. The Morgan fingerprint density at radius 2 is 2.07 bits per heavy atom. The third kappa shape index (κ3) is 4.06. The zero-order chi connectivity index (χ0) is 21.4. The molecule has 0 spiro atoms. The summed E-state index contributed by atoms with van der Waals surface area (Å²) in [4.78, 5) is 29.7. The molecule has 1 amide bonds. The predicted octanol–water partition coefficient (Wildman–Crippen LogP) is 4.76. The van der Waals surface area contributed by atoms with E-state index in [1.807, 2.05) is 25.1 Å². The van der Waals surface area contributed by atoms with E-state index in [2.05, 4.69) is 32.3 Å². The van der Waals surface area contributed by atoms with Crippen LogP contribution < -0.4 is 10.9 Å². The first kappa shape index (κ1) is 20.8. The smallest absolute Gasteiger partial charge is 0.279 e. The largest absolute Gasteiger partial charge is 0.312 e. The summed E-state index contributed by atoms with van der Waals surface area (Å²) < 4.78 is 15.7. The molecule has 1 unspecified atom stereocenters. The normalized spacial score (nSPS) is 15.6. The molecule has 0 aliphatic carbocycles. The molecule has 1 N–H and O–H groups in total. The van der Waals surface area contributed by atoms with Gasteiger partial charge in [0, 0.05) is 25.1 Å². The van der Waals surface area contributed by atoms with Crippen molar-refractivity contribution in [2.45, 2.75) is 30.2 Å². The third-order valence-electron chi connectivity index (χ3n) is 5.10. The van der Waals surface area contributed by atoms with Crippen molar-refractivity contribution in [2.24, 2.45) is 7.05 Å². The van der Waals surface area contributed by atoms with Crippen LogP contribution in [0.4, 0.5) is 10.2 Å². The lowest BCUT2D eigenvalue weighted by Crippen LogP contribution is -2.33. The van der Waals surface area contributed by atoms with Crippen molar-refractivity contribution in [2.75, 3.05) is 5.32 Å². The molecule has 1 aromatic heterocycles. The summed E-state index contributed by atoms with van der Waals surface area (Å²) in [5.41, 5.74) is 3.04. The molecule has 0 radical (unpaired) electrons. The number of benzene rings is 2. The van der Waals surface area contributed by atoms with Crippen LogP contribution in [-0.2, 0) is 17.6 Å². The number of nitrogens with one attached hydrogen (secondary N) is 1. The number of nitrogens with zero attached hydrogens (tertiary/aromatic N) is 2. The fourth-order valence-corrected chi connectivity index (χ4v) is 4.93. The third-order valence-corrected chi connectivity index (χ3v) is 6.81. The van der Waals surface area contributed by atoms with E-state index >= 15 is 0 Å². The molecule has 154 valence electrons. The highest BCUT2D eigenvalue weighted by Gasteiger charge is 2.32. The Hall–Kier alpha value is -2.45. The van der Waals surface area contributed by atoms with Gasteiger partial charge in [-0.15, -0.1) is 0 Å². The second kappa shape index (κ2) is 8.35. The van der Waals surface area contributed by atoms with Crippen molar-refractivity contribution < 1.29 is 9.18 Å². The van der Waals surface area contributed by atoms with Gasteiger partial charge in [0.1, 0.15) is 11.6 Å². The van der Waals surface area contributed by atoms with Gasteiger partial charge in [-0.2, -0.15) is 4.98 Å². The second-order valence-corrected chi connectivity index (χ2v) is 9.07. The molecule has 1 atom stereocenters. The van der Waals surface area contributed by atoms with Crippen molar-refractivity contribution in [1.29, 1.82) is 0 Å². The van der Waals surface area contributed by atoms with Crippen LogP contribution in [0.2, 0.25) is 0 Å². The number of thioether (sulfide) groups is 1. The minimum atomic E-state index is -0.479. The van der Waals surface area contributed by atoms with Crippen LogP contribution in [0.1, 0.15) is 34.6 Å². The number of rotatable bonds is 4. The number of hydrogen-bond acceptors (Lipinski definition) is 4. The Bertz CT molecular complexity index is 1210. The molecule has 2 heterocycles. The SMILES string of the molecule is Cc1cccc(CSc2nc(=O)c3c(n2C)NC(=O)CC3c2ccc(F)c(Br)c2)c1. The van der Waals surface area contributed by atoms with Gasteiger partial charge in [-0.1, -0.05) is 47.7 Å². The van der Waals surface area contributed by atoms with Gasteiger partial charge in [0.25, 0.3) is 5.56 Å². The van der Waals surface area contributed by atoms with E-state index in [0.29, 0.717) is 32.3 Å². The minimum absolute atomic E-state index is 0.109. The van der Waals surface area contributed by atoms with Crippen molar-refractivity contribution in [3.63, 3.8) is 0 Å². The first-order valence-corrected chi connectivity index (χ1v) is 11.2. The number of carbonyl (C=O) groups excluding carboxylic acids is 1. The summed E-state index contributed by atoms with van der Waals surface area (Å²) in [6.45, 7) is 2.03. The highest BCUT2D eigenvalue weighted by molar-refractivity contribution is 9.10. The number of hydrogen-bond donors (Lipinski definition) is 1. The van der Waals surface area contributed by atoms with Gasteiger partial charge in [0.05, 0.1) is 10.0 Å². The van der Waals surface area contributed by atoms with Gasteiger partial charge in [0.15, 0.2) is 5.16 Å². The van der Waals surface area contributed by atoms with Crippen LogP contribution in [-0.4, -0.2) is 15.5 Å². The molecule has 4 rings (SSSR count). The maximum atomic E-state index is 13.7. The molecule has 1 aliphatic rings. The van der Waals surface area contributed by atoms with E-state index in [0.717, 1.165) is 5.56 Å². The molecule has 0 bridgehead atoms. The topological polar surface area (TPSA) is 64.0 Å². The Kier molecular flexibility index (Phi) is 5.79. The minimum Gasteiger partial charge on any atom is -0.312 e. The van der Waals surface area contributed by atoms with E-state index in [-0.39, 0.29) is 17.9 Å². The average Bonchev–Trinajstić information content (AvgIpc) is 2.71. The number of carbonyl (C=O) groups is 1. The summed E-state index contributed by atoms with van der Waals surface area (Å²) >= 11 is 4.62. The van der Waals surface area contributed by atoms with E-state index in [1.165, 1.54) is 23.4 Å². The summed E-state index contributed by atoms with van der Waals surface area (Å²) in [5.74, 6) is 0.0382. The van der Waals surface area contributed by atoms with Gasteiger partial charge < -0.3 is 9.88 Å². The zero-order valence-electron chi connectivity index (χ0n) is 16.4. The average molecular weight is 488 g/mol. The number of aryl methyl sites for hydroxylation is 1. The lowest BCUT2D eigenvalue weighted by molar-refractivity contribution is -0.116. The quantitative estimate of drug-likeness (QED) is 0.425. The molecule has 8 heteroatoms. The number of aromatic nitrogens is 2.